The van der Waals surface area contributed by atoms with E-state index >= 15 is 0 Å². The van der Waals surface area contributed by atoms with Gasteiger partial charge < -0.3 is 9.47 Å². The molecule has 0 atom stereocenters. The van der Waals surface area contributed by atoms with E-state index in [1.165, 1.54) is 0 Å². The van der Waals surface area contributed by atoms with E-state index in [0.717, 1.165) is 0 Å². The molecule has 0 radical (unpaired) electrons. The molecule has 2 aromatic rings. The van der Waals surface area contributed by atoms with Gasteiger partial charge in [0, 0.05) is 5.56 Å². The van der Waals surface area contributed by atoms with E-state index in [0.29, 0.717) is 17.1 Å². The minimum Gasteiger partial charge on any atom is -0.460 e. The van der Waals surface area contributed by atoms with E-state index in [1.807, 2.05) is 30.3 Å². The van der Waals surface area contributed by atoms with Crippen molar-refractivity contribution in [1.82, 2.24) is 0 Å². The van der Waals surface area contributed by atoms with Crippen molar-refractivity contribution < 1.29 is 23.9 Å². The minimum atomic E-state index is -0.982. The van der Waals surface area contributed by atoms with E-state index in [4.69, 9.17) is 4.74 Å². The second-order valence-electron chi connectivity index (χ2n) is 4.68. The van der Waals surface area contributed by atoms with Gasteiger partial charge >= 0.3 is 5.97 Å². The van der Waals surface area contributed by atoms with Crippen molar-refractivity contribution in [2.45, 2.75) is 13.3 Å². The first-order chi connectivity index (χ1) is 11.1. The molecular weight excluding hydrogens is 296 g/mol. The van der Waals surface area contributed by atoms with Gasteiger partial charge in [-0.05, 0) is 43.3 Å². The lowest BCUT2D eigenvalue weighted by Crippen LogP contribution is -2.20. The summed E-state index contributed by atoms with van der Waals surface area (Å²) in [4.78, 5) is 34.7. The van der Waals surface area contributed by atoms with Gasteiger partial charge in [0.05, 0.1) is 13.0 Å². The number of carbonyl (C=O) groups excluding carboxylic acids is 3. The number of ether oxygens (including phenoxy) is 2. The van der Waals surface area contributed by atoms with Crippen LogP contribution in [0.25, 0.3) is 0 Å². The summed E-state index contributed by atoms with van der Waals surface area (Å²) < 4.78 is 10.2. The lowest BCUT2D eigenvalue weighted by atomic mass is 10.1. The molecule has 118 valence electrons. The van der Waals surface area contributed by atoms with Crippen molar-refractivity contribution in [3.63, 3.8) is 0 Å². The van der Waals surface area contributed by atoms with Crippen LogP contribution in [0.1, 0.15) is 23.7 Å². The van der Waals surface area contributed by atoms with E-state index in [2.05, 4.69) is 4.74 Å². The van der Waals surface area contributed by atoms with Crippen molar-refractivity contribution in [2.75, 3.05) is 6.61 Å². The Bertz CT molecular complexity index is 689. The Morgan fingerprint density at radius 2 is 1.48 bits per heavy atom. The Kier molecular flexibility index (Phi) is 5.63. The smallest absolute Gasteiger partial charge is 0.375 e. The Balaban J connectivity index is 1.97. The Hall–Kier alpha value is -2.95. The van der Waals surface area contributed by atoms with Crippen LogP contribution in [-0.4, -0.2) is 24.1 Å². The van der Waals surface area contributed by atoms with Crippen molar-refractivity contribution in [3.8, 4) is 11.5 Å². The molecule has 0 saturated carbocycles. The van der Waals surface area contributed by atoms with Crippen LogP contribution in [0.3, 0.4) is 0 Å². The summed E-state index contributed by atoms with van der Waals surface area (Å²) in [5.74, 6) is -1.01. The number of ketones is 2. The van der Waals surface area contributed by atoms with Gasteiger partial charge in [-0.1, -0.05) is 18.2 Å². The molecular formula is C18H16O5. The normalized spacial score (nSPS) is 9.96. The summed E-state index contributed by atoms with van der Waals surface area (Å²) in [6, 6.07) is 15.6. The highest BCUT2D eigenvalue weighted by atomic mass is 16.5. The second kappa shape index (κ2) is 7.89. The summed E-state index contributed by atoms with van der Waals surface area (Å²) in [7, 11) is 0. The molecule has 0 fully saturated rings. The average molecular weight is 312 g/mol. The molecule has 0 amide bonds. The fourth-order valence-corrected chi connectivity index (χ4v) is 1.87. The lowest BCUT2D eigenvalue weighted by molar-refractivity contribution is -0.153. The maximum absolute atomic E-state index is 12.0. The zero-order valence-corrected chi connectivity index (χ0v) is 12.7. The number of Topliss-reactive ketones (excluding diaryl/α,β-unsaturated/α-hetero) is 2. The zero-order chi connectivity index (χ0) is 16.7. The SMILES string of the molecule is CCOC(=O)C(=O)CC(=O)c1ccc(Oc2ccccc2)cc1. The van der Waals surface area contributed by atoms with Crippen molar-refractivity contribution in [2.24, 2.45) is 0 Å². The number of esters is 1. The predicted octanol–water partition coefficient (Wildman–Crippen LogP) is 3.18. The number of para-hydroxylation sites is 1. The minimum absolute atomic E-state index is 0.101. The molecule has 0 aliphatic rings. The van der Waals surface area contributed by atoms with Crippen LogP contribution in [-0.2, 0) is 14.3 Å². The molecule has 2 aromatic carbocycles. The summed E-state index contributed by atoms with van der Waals surface area (Å²) in [5, 5.41) is 0. The predicted molar refractivity (Wildman–Crippen MR) is 83.5 cm³/mol. The highest BCUT2D eigenvalue weighted by Gasteiger charge is 2.19. The monoisotopic (exact) mass is 312 g/mol. The van der Waals surface area contributed by atoms with Gasteiger partial charge in [0.1, 0.15) is 11.5 Å². The van der Waals surface area contributed by atoms with Gasteiger partial charge in [0.25, 0.3) is 0 Å². The van der Waals surface area contributed by atoms with Crippen LogP contribution in [0, 0.1) is 0 Å². The van der Waals surface area contributed by atoms with Crippen LogP contribution in [0.15, 0.2) is 54.6 Å². The Morgan fingerprint density at radius 1 is 0.870 bits per heavy atom. The third kappa shape index (κ3) is 4.78. The molecule has 0 heterocycles. The summed E-state index contributed by atoms with van der Waals surface area (Å²) in [6.07, 6.45) is -0.502. The maximum Gasteiger partial charge on any atom is 0.375 e. The first-order valence-electron chi connectivity index (χ1n) is 7.16. The molecule has 2 rings (SSSR count). The van der Waals surface area contributed by atoms with Crippen molar-refractivity contribution in [1.29, 1.82) is 0 Å². The number of hydrogen-bond donors (Lipinski definition) is 0. The van der Waals surface area contributed by atoms with Crippen LogP contribution in [0.2, 0.25) is 0 Å². The quantitative estimate of drug-likeness (QED) is 0.340. The fraction of sp³-hybridized carbons (Fsp3) is 0.167. The molecule has 5 heteroatoms. The molecule has 0 spiro atoms. The molecule has 23 heavy (non-hydrogen) atoms. The Labute approximate surface area is 133 Å². The molecule has 5 nitrogen and oxygen atoms in total. The largest absolute Gasteiger partial charge is 0.460 e. The van der Waals surface area contributed by atoms with Crippen LogP contribution in [0.5, 0.6) is 11.5 Å². The topological polar surface area (TPSA) is 69.7 Å². The summed E-state index contributed by atoms with van der Waals surface area (Å²) in [6.45, 7) is 1.70. The van der Waals surface area contributed by atoms with E-state index in [1.54, 1.807) is 31.2 Å². The van der Waals surface area contributed by atoms with Crippen molar-refractivity contribution >= 4 is 17.5 Å². The first kappa shape index (κ1) is 16.4. The number of rotatable bonds is 7. The molecule has 0 unspecified atom stereocenters. The van der Waals surface area contributed by atoms with Gasteiger partial charge in [0.15, 0.2) is 5.78 Å². The summed E-state index contributed by atoms with van der Waals surface area (Å²) in [5.41, 5.74) is 0.336. The molecule has 0 aliphatic carbocycles. The number of benzene rings is 2. The van der Waals surface area contributed by atoms with Gasteiger partial charge in [-0.25, -0.2) is 4.79 Å². The van der Waals surface area contributed by atoms with Crippen LogP contribution < -0.4 is 4.74 Å². The molecule has 0 aromatic heterocycles. The van der Waals surface area contributed by atoms with Gasteiger partial charge in [-0.3, -0.25) is 9.59 Å². The van der Waals surface area contributed by atoms with E-state index < -0.39 is 24.0 Å². The third-order valence-corrected chi connectivity index (χ3v) is 2.98. The zero-order valence-electron chi connectivity index (χ0n) is 12.7. The average Bonchev–Trinajstić information content (AvgIpc) is 2.56. The van der Waals surface area contributed by atoms with Gasteiger partial charge in [-0.2, -0.15) is 0 Å². The maximum atomic E-state index is 12.0. The molecule has 0 saturated heterocycles. The van der Waals surface area contributed by atoms with Gasteiger partial charge in [0.2, 0.25) is 5.78 Å². The molecule has 0 bridgehead atoms. The second-order valence-corrected chi connectivity index (χ2v) is 4.68. The first-order valence-corrected chi connectivity index (χ1v) is 7.16. The molecule has 0 aliphatic heterocycles. The lowest BCUT2D eigenvalue weighted by Gasteiger charge is -2.06. The highest BCUT2D eigenvalue weighted by molar-refractivity contribution is 6.38. The highest BCUT2D eigenvalue weighted by Crippen LogP contribution is 2.21. The standard InChI is InChI=1S/C18H16O5/c1-2-22-18(21)17(20)12-16(19)13-8-10-15(11-9-13)23-14-6-4-3-5-7-14/h3-11H,2,12H2,1H3. The van der Waals surface area contributed by atoms with Gasteiger partial charge in [-0.15, -0.1) is 0 Å². The third-order valence-electron chi connectivity index (χ3n) is 2.98. The van der Waals surface area contributed by atoms with E-state index in [9.17, 15) is 14.4 Å². The Morgan fingerprint density at radius 3 is 2.09 bits per heavy atom. The number of carbonyl (C=O) groups is 3. The summed E-state index contributed by atoms with van der Waals surface area (Å²) >= 11 is 0. The number of hydrogen-bond acceptors (Lipinski definition) is 5. The van der Waals surface area contributed by atoms with Crippen LogP contribution in [0.4, 0.5) is 0 Å². The fourth-order valence-electron chi connectivity index (χ4n) is 1.87. The molecule has 0 N–H and O–H groups in total. The van der Waals surface area contributed by atoms with Crippen molar-refractivity contribution in [3.05, 3.63) is 60.2 Å². The van der Waals surface area contributed by atoms with Crippen LogP contribution >= 0.6 is 0 Å². The van der Waals surface area contributed by atoms with E-state index in [-0.39, 0.29) is 6.61 Å².